The maximum absolute atomic E-state index is 9.16. The minimum atomic E-state index is -0.378. The Balaban J connectivity index is 3.13. The van der Waals surface area contributed by atoms with E-state index in [1.807, 2.05) is 26.0 Å². The Kier molecular flexibility index (Phi) is 3.47. The normalized spacial score (nSPS) is 16.1. The standard InChI is InChI=1S/C12H20N2O/c1-11(2,13)12(3,6-9-15)10-4-7-14-8-5-10/h4-5,7-8,15H,6,9,13H2,1-3H3. The van der Waals surface area contributed by atoms with Crippen molar-refractivity contribution in [2.75, 3.05) is 6.61 Å². The van der Waals surface area contributed by atoms with E-state index in [0.29, 0.717) is 6.42 Å². The lowest BCUT2D eigenvalue weighted by Gasteiger charge is -2.42. The van der Waals surface area contributed by atoms with Crippen LogP contribution in [-0.4, -0.2) is 22.2 Å². The Hall–Kier alpha value is -0.930. The molecule has 15 heavy (non-hydrogen) atoms. The van der Waals surface area contributed by atoms with Crippen LogP contribution in [0.25, 0.3) is 0 Å². The Morgan fingerprint density at radius 1 is 1.27 bits per heavy atom. The lowest BCUT2D eigenvalue weighted by atomic mass is 9.67. The van der Waals surface area contributed by atoms with Crippen molar-refractivity contribution >= 4 is 0 Å². The van der Waals surface area contributed by atoms with E-state index in [9.17, 15) is 0 Å². The topological polar surface area (TPSA) is 59.1 Å². The smallest absolute Gasteiger partial charge is 0.0440 e. The molecule has 0 amide bonds. The van der Waals surface area contributed by atoms with Gasteiger partial charge in [0.2, 0.25) is 0 Å². The van der Waals surface area contributed by atoms with Gasteiger partial charge in [0.05, 0.1) is 0 Å². The van der Waals surface area contributed by atoms with Crippen LogP contribution in [0.15, 0.2) is 24.5 Å². The summed E-state index contributed by atoms with van der Waals surface area (Å²) in [6, 6.07) is 3.93. The largest absolute Gasteiger partial charge is 0.396 e. The second-order valence-electron chi connectivity index (χ2n) is 4.76. The molecule has 1 unspecified atom stereocenters. The van der Waals surface area contributed by atoms with Gasteiger partial charge in [0, 0.05) is 30.0 Å². The highest BCUT2D eigenvalue weighted by molar-refractivity contribution is 5.26. The van der Waals surface area contributed by atoms with Crippen molar-refractivity contribution in [1.29, 1.82) is 0 Å². The van der Waals surface area contributed by atoms with E-state index in [4.69, 9.17) is 10.8 Å². The van der Waals surface area contributed by atoms with E-state index in [1.165, 1.54) is 0 Å². The quantitative estimate of drug-likeness (QED) is 0.787. The third-order valence-electron chi connectivity index (χ3n) is 3.35. The first-order valence-corrected chi connectivity index (χ1v) is 5.22. The molecule has 1 heterocycles. The molecule has 1 aromatic heterocycles. The number of nitrogens with zero attached hydrogens (tertiary/aromatic N) is 1. The summed E-state index contributed by atoms with van der Waals surface area (Å²) < 4.78 is 0. The molecule has 0 fully saturated rings. The number of rotatable bonds is 4. The number of hydrogen-bond acceptors (Lipinski definition) is 3. The van der Waals surface area contributed by atoms with E-state index in [-0.39, 0.29) is 17.6 Å². The maximum atomic E-state index is 9.16. The lowest BCUT2D eigenvalue weighted by Crippen LogP contribution is -2.52. The van der Waals surface area contributed by atoms with Crippen LogP contribution >= 0.6 is 0 Å². The van der Waals surface area contributed by atoms with E-state index in [2.05, 4.69) is 11.9 Å². The molecule has 0 spiro atoms. The molecule has 3 nitrogen and oxygen atoms in total. The molecule has 0 radical (unpaired) electrons. The molecule has 0 aliphatic rings. The first-order chi connectivity index (χ1) is 6.92. The van der Waals surface area contributed by atoms with Crippen LogP contribution in [0, 0.1) is 0 Å². The molecule has 3 N–H and O–H groups in total. The second kappa shape index (κ2) is 4.29. The van der Waals surface area contributed by atoms with Gasteiger partial charge in [-0.05, 0) is 38.0 Å². The summed E-state index contributed by atoms with van der Waals surface area (Å²) in [6.07, 6.45) is 4.17. The fourth-order valence-corrected chi connectivity index (χ4v) is 1.78. The Bertz CT molecular complexity index is 305. The fourth-order valence-electron chi connectivity index (χ4n) is 1.78. The molecule has 84 valence electrons. The van der Waals surface area contributed by atoms with Gasteiger partial charge in [0.15, 0.2) is 0 Å². The van der Waals surface area contributed by atoms with Gasteiger partial charge in [-0.15, -0.1) is 0 Å². The third-order valence-corrected chi connectivity index (χ3v) is 3.35. The van der Waals surface area contributed by atoms with Crippen molar-refractivity contribution in [3.8, 4) is 0 Å². The molecule has 0 saturated heterocycles. The summed E-state index contributed by atoms with van der Waals surface area (Å²) in [5.41, 5.74) is 6.72. The zero-order valence-electron chi connectivity index (χ0n) is 9.70. The highest BCUT2D eigenvalue weighted by Crippen LogP contribution is 2.36. The molecule has 0 aliphatic heterocycles. The summed E-state index contributed by atoms with van der Waals surface area (Å²) in [6.45, 7) is 6.20. The van der Waals surface area contributed by atoms with Crippen LogP contribution in [0.4, 0.5) is 0 Å². The van der Waals surface area contributed by atoms with Crippen LogP contribution < -0.4 is 5.73 Å². The Morgan fingerprint density at radius 2 is 1.80 bits per heavy atom. The van der Waals surface area contributed by atoms with Gasteiger partial charge in [-0.25, -0.2) is 0 Å². The van der Waals surface area contributed by atoms with Crippen molar-refractivity contribution in [3.05, 3.63) is 30.1 Å². The third kappa shape index (κ3) is 2.36. The average molecular weight is 208 g/mol. The number of nitrogens with two attached hydrogens (primary N) is 1. The van der Waals surface area contributed by atoms with Crippen molar-refractivity contribution in [3.63, 3.8) is 0 Å². The van der Waals surface area contributed by atoms with E-state index in [1.54, 1.807) is 12.4 Å². The van der Waals surface area contributed by atoms with Crippen molar-refractivity contribution in [2.24, 2.45) is 5.73 Å². The monoisotopic (exact) mass is 208 g/mol. The summed E-state index contributed by atoms with van der Waals surface area (Å²) >= 11 is 0. The summed E-state index contributed by atoms with van der Waals surface area (Å²) in [5, 5.41) is 9.16. The molecule has 1 atom stereocenters. The molecule has 0 aliphatic carbocycles. The average Bonchev–Trinajstić information content (AvgIpc) is 2.18. The summed E-state index contributed by atoms with van der Waals surface area (Å²) in [4.78, 5) is 4.00. The van der Waals surface area contributed by atoms with E-state index in [0.717, 1.165) is 5.56 Å². The maximum Gasteiger partial charge on any atom is 0.0440 e. The molecule has 0 bridgehead atoms. The number of hydrogen-bond donors (Lipinski definition) is 2. The van der Waals surface area contributed by atoms with E-state index < -0.39 is 0 Å². The Morgan fingerprint density at radius 3 is 2.20 bits per heavy atom. The zero-order valence-corrected chi connectivity index (χ0v) is 9.70. The number of aliphatic hydroxyl groups is 1. The minimum Gasteiger partial charge on any atom is -0.396 e. The van der Waals surface area contributed by atoms with Crippen LogP contribution in [0.3, 0.4) is 0 Å². The zero-order chi connectivity index (χ0) is 11.5. The summed E-state index contributed by atoms with van der Waals surface area (Å²) in [7, 11) is 0. The van der Waals surface area contributed by atoms with Crippen LogP contribution in [0.1, 0.15) is 32.8 Å². The van der Waals surface area contributed by atoms with Crippen molar-refractivity contribution in [2.45, 2.75) is 38.1 Å². The van der Waals surface area contributed by atoms with E-state index >= 15 is 0 Å². The van der Waals surface area contributed by atoms with Gasteiger partial charge in [0.1, 0.15) is 0 Å². The minimum absolute atomic E-state index is 0.138. The Labute approximate surface area is 91.3 Å². The highest BCUT2D eigenvalue weighted by atomic mass is 16.3. The molecule has 0 aromatic carbocycles. The molecule has 3 heteroatoms. The summed E-state index contributed by atoms with van der Waals surface area (Å²) in [5.74, 6) is 0. The van der Waals surface area contributed by atoms with Gasteiger partial charge >= 0.3 is 0 Å². The predicted molar refractivity (Wildman–Crippen MR) is 61.6 cm³/mol. The SMILES string of the molecule is CC(C)(N)C(C)(CCO)c1ccncc1. The number of aromatic nitrogens is 1. The van der Waals surface area contributed by atoms with Gasteiger partial charge in [-0.2, -0.15) is 0 Å². The second-order valence-corrected chi connectivity index (χ2v) is 4.76. The molecular weight excluding hydrogens is 188 g/mol. The number of pyridine rings is 1. The lowest BCUT2D eigenvalue weighted by molar-refractivity contribution is 0.190. The highest BCUT2D eigenvalue weighted by Gasteiger charge is 2.38. The van der Waals surface area contributed by atoms with Crippen LogP contribution in [-0.2, 0) is 5.41 Å². The fraction of sp³-hybridized carbons (Fsp3) is 0.583. The first-order valence-electron chi connectivity index (χ1n) is 5.22. The predicted octanol–water partition coefficient (Wildman–Crippen LogP) is 1.46. The van der Waals surface area contributed by atoms with Crippen LogP contribution in [0.5, 0.6) is 0 Å². The van der Waals surface area contributed by atoms with Gasteiger partial charge < -0.3 is 10.8 Å². The number of aliphatic hydroxyl groups excluding tert-OH is 1. The first kappa shape index (κ1) is 12.1. The van der Waals surface area contributed by atoms with Crippen LogP contribution in [0.2, 0.25) is 0 Å². The van der Waals surface area contributed by atoms with Gasteiger partial charge in [0.25, 0.3) is 0 Å². The van der Waals surface area contributed by atoms with Gasteiger partial charge in [-0.3, -0.25) is 4.98 Å². The van der Waals surface area contributed by atoms with Gasteiger partial charge in [-0.1, -0.05) is 6.92 Å². The molecule has 0 saturated carbocycles. The molecular formula is C12H20N2O. The molecule has 1 aromatic rings. The van der Waals surface area contributed by atoms with Crippen molar-refractivity contribution < 1.29 is 5.11 Å². The van der Waals surface area contributed by atoms with Crippen molar-refractivity contribution in [1.82, 2.24) is 4.98 Å². The molecule has 1 rings (SSSR count).